The Labute approximate surface area is 219 Å². The van der Waals surface area contributed by atoms with Crippen LogP contribution in [0.25, 0.3) is 0 Å². The van der Waals surface area contributed by atoms with E-state index in [9.17, 15) is 19.5 Å². The number of aldehydes is 1. The van der Waals surface area contributed by atoms with Crippen molar-refractivity contribution in [2.75, 3.05) is 20.3 Å². The van der Waals surface area contributed by atoms with Crippen LogP contribution in [-0.4, -0.2) is 77.8 Å². The molecule has 0 unspecified atom stereocenters. The standard InChI is InChI=1S/C25H33IN2O7/c1-15(31)28(18-6-4-3-5-7-18)20-12-17(25(33)27-8-9-29)13-21(23(20)32)35-24-19(26)10-16(14-30)11-22(24)34-2/h10-11,13-14,18,20-21,23,29,32H,3-9,12H2,1-2H3,(H,27,33)/t20-,21+,23+/m1/s1. The van der Waals surface area contributed by atoms with Gasteiger partial charge in [-0.25, -0.2) is 0 Å². The van der Waals surface area contributed by atoms with Gasteiger partial charge in [-0.3, -0.25) is 14.4 Å². The van der Waals surface area contributed by atoms with E-state index in [1.54, 1.807) is 23.1 Å². The number of halogens is 1. The second-order valence-corrected chi connectivity index (χ2v) is 10.0. The molecule has 2 amide bonds. The smallest absolute Gasteiger partial charge is 0.247 e. The lowest BCUT2D eigenvalue weighted by Gasteiger charge is -2.44. The highest BCUT2D eigenvalue weighted by Crippen LogP contribution is 2.37. The summed E-state index contributed by atoms with van der Waals surface area (Å²) in [5.41, 5.74) is 0.791. The molecule has 3 N–H and O–H groups in total. The van der Waals surface area contributed by atoms with Crippen molar-refractivity contribution in [3.8, 4) is 11.5 Å². The van der Waals surface area contributed by atoms with Gasteiger partial charge in [-0.1, -0.05) is 19.3 Å². The highest BCUT2D eigenvalue weighted by molar-refractivity contribution is 14.1. The van der Waals surface area contributed by atoms with Crippen molar-refractivity contribution in [1.29, 1.82) is 0 Å². The van der Waals surface area contributed by atoms with Crippen LogP contribution in [0.3, 0.4) is 0 Å². The SMILES string of the molecule is COc1cc(C=O)cc(I)c1O[C@H]1C=C(C(=O)NCCO)C[C@@H](N(C(C)=O)C2CCCCC2)[C@@H]1O. The van der Waals surface area contributed by atoms with Gasteiger partial charge in [-0.2, -0.15) is 0 Å². The van der Waals surface area contributed by atoms with Gasteiger partial charge in [0.2, 0.25) is 11.8 Å². The maximum Gasteiger partial charge on any atom is 0.247 e. The third-order valence-electron chi connectivity index (χ3n) is 6.55. The summed E-state index contributed by atoms with van der Waals surface area (Å²) in [6.45, 7) is 1.38. The van der Waals surface area contributed by atoms with E-state index in [4.69, 9.17) is 14.6 Å². The molecule has 0 aromatic heterocycles. The molecular formula is C25H33IN2O7. The number of nitrogens with one attached hydrogen (secondary N) is 1. The Morgan fingerprint density at radius 2 is 1.97 bits per heavy atom. The molecule has 0 saturated heterocycles. The van der Waals surface area contributed by atoms with Gasteiger partial charge in [0.25, 0.3) is 0 Å². The first-order chi connectivity index (χ1) is 16.8. The van der Waals surface area contributed by atoms with Gasteiger partial charge in [0.05, 0.1) is 23.3 Å². The molecule has 0 spiro atoms. The normalized spacial score (nSPS) is 22.7. The van der Waals surface area contributed by atoms with Crippen LogP contribution in [-0.2, 0) is 9.59 Å². The van der Waals surface area contributed by atoms with E-state index in [-0.39, 0.29) is 37.4 Å². The predicted molar refractivity (Wildman–Crippen MR) is 137 cm³/mol. The van der Waals surface area contributed by atoms with E-state index < -0.39 is 18.2 Å². The number of hydrogen-bond donors (Lipinski definition) is 3. The number of aliphatic hydroxyl groups is 2. The summed E-state index contributed by atoms with van der Waals surface area (Å²) in [5, 5.41) is 23.2. The zero-order chi connectivity index (χ0) is 25.5. The van der Waals surface area contributed by atoms with Crippen LogP contribution in [0.4, 0.5) is 0 Å². The summed E-state index contributed by atoms with van der Waals surface area (Å²) in [7, 11) is 1.46. The third-order valence-corrected chi connectivity index (χ3v) is 7.35. The fourth-order valence-electron chi connectivity index (χ4n) is 4.93. The highest BCUT2D eigenvalue weighted by atomic mass is 127. The number of benzene rings is 1. The Morgan fingerprint density at radius 1 is 1.26 bits per heavy atom. The van der Waals surface area contributed by atoms with E-state index in [1.807, 2.05) is 22.6 Å². The Hall–Kier alpha value is -2.18. The number of aliphatic hydroxyl groups excluding tert-OH is 2. The van der Waals surface area contributed by atoms with Crippen LogP contribution in [0.2, 0.25) is 0 Å². The van der Waals surface area contributed by atoms with Crippen LogP contribution < -0.4 is 14.8 Å². The van der Waals surface area contributed by atoms with Crippen molar-refractivity contribution in [3.05, 3.63) is 32.9 Å². The van der Waals surface area contributed by atoms with Gasteiger partial charge < -0.3 is 29.9 Å². The fraction of sp³-hybridized carbons (Fsp3) is 0.560. The van der Waals surface area contributed by atoms with E-state index >= 15 is 0 Å². The van der Waals surface area contributed by atoms with Crippen molar-refractivity contribution in [1.82, 2.24) is 10.2 Å². The minimum absolute atomic E-state index is 0.0112. The van der Waals surface area contributed by atoms with Gasteiger partial charge in [0.1, 0.15) is 18.5 Å². The number of amides is 2. The molecule has 1 aromatic rings. The molecule has 2 aliphatic rings. The lowest BCUT2D eigenvalue weighted by Crippen LogP contribution is -2.58. The summed E-state index contributed by atoms with van der Waals surface area (Å²) >= 11 is 2.03. The number of rotatable bonds is 9. The molecule has 1 saturated carbocycles. The lowest BCUT2D eigenvalue weighted by atomic mass is 9.85. The summed E-state index contributed by atoms with van der Waals surface area (Å²) in [6, 6.07) is 2.52. The van der Waals surface area contributed by atoms with Crippen molar-refractivity contribution >= 4 is 40.7 Å². The molecule has 3 rings (SSSR count). The van der Waals surface area contributed by atoms with E-state index in [0.29, 0.717) is 32.5 Å². The van der Waals surface area contributed by atoms with E-state index in [1.165, 1.54) is 14.0 Å². The first-order valence-electron chi connectivity index (χ1n) is 11.9. The topological polar surface area (TPSA) is 125 Å². The van der Waals surface area contributed by atoms with E-state index in [0.717, 1.165) is 32.1 Å². The van der Waals surface area contributed by atoms with Gasteiger partial charge in [-0.05, 0) is 53.6 Å². The van der Waals surface area contributed by atoms with Crippen LogP contribution in [0.15, 0.2) is 23.8 Å². The average molecular weight is 600 g/mol. The molecule has 0 radical (unpaired) electrons. The Balaban J connectivity index is 1.99. The molecule has 2 aliphatic carbocycles. The summed E-state index contributed by atoms with van der Waals surface area (Å²) in [5.74, 6) is 0.124. The van der Waals surface area contributed by atoms with E-state index in [2.05, 4.69) is 5.32 Å². The zero-order valence-electron chi connectivity index (χ0n) is 20.0. The van der Waals surface area contributed by atoms with Crippen molar-refractivity contribution in [2.24, 2.45) is 0 Å². The van der Waals surface area contributed by atoms with Gasteiger partial charge in [0.15, 0.2) is 11.5 Å². The van der Waals surface area contributed by atoms with Crippen molar-refractivity contribution in [3.63, 3.8) is 0 Å². The van der Waals surface area contributed by atoms with Gasteiger partial charge in [0, 0.05) is 37.1 Å². The van der Waals surface area contributed by atoms with Crippen LogP contribution in [0.1, 0.15) is 55.8 Å². The largest absolute Gasteiger partial charge is 0.493 e. The molecule has 0 bridgehead atoms. The lowest BCUT2D eigenvalue weighted by molar-refractivity contribution is -0.140. The maximum atomic E-state index is 12.9. The highest BCUT2D eigenvalue weighted by Gasteiger charge is 2.42. The molecule has 0 aliphatic heterocycles. The second-order valence-electron chi connectivity index (χ2n) is 8.89. The Kier molecular flexibility index (Phi) is 9.93. The summed E-state index contributed by atoms with van der Waals surface area (Å²) < 4.78 is 12.2. The average Bonchev–Trinajstić information content (AvgIpc) is 2.85. The van der Waals surface area contributed by atoms with Crippen molar-refractivity contribution < 1.29 is 34.1 Å². The van der Waals surface area contributed by atoms with Gasteiger partial charge >= 0.3 is 0 Å². The minimum atomic E-state index is -1.10. The molecule has 10 heteroatoms. The summed E-state index contributed by atoms with van der Waals surface area (Å²) in [6.07, 6.45) is 5.24. The Morgan fingerprint density at radius 3 is 2.57 bits per heavy atom. The molecule has 9 nitrogen and oxygen atoms in total. The number of hydrogen-bond acceptors (Lipinski definition) is 7. The molecular weight excluding hydrogens is 567 g/mol. The second kappa shape index (κ2) is 12.7. The number of carbonyl (C=O) groups excluding carboxylic acids is 3. The van der Waals surface area contributed by atoms with Crippen LogP contribution in [0.5, 0.6) is 11.5 Å². The zero-order valence-corrected chi connectivity index (χ0v) is 22.2. The van der Waals surface area contributed by atoms with Crippen LogP contribution >= 0.6 is 22.6 Å². The first-order valence-corrected chi connectivity index (χ1v) is 12.9. The monoisotopic (exact) mass is 600 g/mol. The molecule has 3 atom stereocenters. The molecule has 35 heavy (non-hydrogen) atoms. The number of nitrogens with zero attached hydrogens (tertiary/aromatic N) is 1. The maximum absolute atomic E-state index is 12.9. The van der Waals surface area contributed by atoms with Crippen LogP contribution in [0, 0.1) is 3.57 Å². The fourth-order valence-corrected chi connectivity index (χ4v) is 5.68. The Bertz CT molecular complexity index is 961. The van der Waals surface area contributed by atoms with Crippen molar-refractivity contribution in [2.45, 2.75) is 69.7 Å². The van der Waals surface area contributed by atoms with Gasteiger partial charge in [-0.15, -0.1) is 0 Å². The first kappa shape index (κ1) is 27.4. The molecule has 1 aromatic carbocycles. The molecule has 0 heterocycles. The minimum Gasteiger partial charge on any atom is -0.493 e. The number of methoxy groups -OCH3 is 1. The molecule has 192 valence electrons. The predicted octanol–water partition coefficient (Wildman–Crippen LogP) is 2.21. The quantitative estimate of drug-likeness (QED) is 0.293. The molecule has 1 fully saturated rings. The summed E-state index contributed by atoms with van der Waals surface area (Å²) in [4.78, 5) is 38.6. The third kappa shape index (κ3) is 6.53. The number of ether oxygens (including phenoxy) is 2. The number of carbonyl (C=O) groups is 3.